The molecule has 2 heterocycles. The van der Waals surface area contributed by atoms with Crippen LogP contribution in [-0.2, 0) is 9.59 Å². The summed E-state index contributed by atoms with van der Waals surface area (Å²) in [5.41, 5.74) is 3.18. The standard InChI is InChI=1S/C18H17N5O2/c1-12(14-3-2-9-19-11-14)21-17(24)18(25)22-15-6-4-13(5-7-15)16-8-10-20-23-16/h2-12H,1H3,(H,20,23)(H,21,24)(H,22,25)/t12-/m0/s1. The van der Waals surface area contributed by atoms with E-state index in [9.17, 15) is 9.59 Å². The Labute approximate surface area is 144 Å². The van der Waals surface area contributed by atoms with Gasteiger partial charge in [-0.2, -0.15) is 5.10 Å². The van der Waals surface area contributed by atoms with Gasteiger partial charge in [-0.15, -0.1) is 0 Å². The van der Waals surface area contributed by atoms with Gasteiger partial charge in [0.15, 0.2) is 0 Å². The first-order valence-corrected chi connectivity index (χ1v) is 7.75. The minimum Gasteiger partial charge on any atom is -0.341 e. The van der Waals surface area contributed by atoms with Crippen molar-refractivity contribution < 1.29 is 9.59 Å². The number of aromatic nitrogens is 3. The lowest BCUT2D eigenvalue weighted by Gasteiger charge is -2.13. The van der Waals surface area contributed by atoms with Crippen LogP contribution >= 0.6 is 0 Å². The van der Waals surface area contributed by atoms with E-state index in [0.717, 1.165) is 16.8 Å². The van der Waals surface area contributed by atoms with Crippen LogP contribution in [0.3, 0.4) is 0 Å². The molecule has 0 radical (unpaired) electrons. The zero-order chi connectivity index (χ0) is 17.6. The molecule has 2 amide bonds. The Balaban J connectivity index is 1.59. The largest absolute Gasteiger partial charge is 0.341 e. The molecule has 0 aliphatic rings. The maximum atomic E-state index is 12.0. The molecule has 0 fully saturated rings. The van der Waals surface area contributed by atoms with Crippen LogP contribution in [0.25, 0.3) is 11.3 Å². The number of nitrogens with zero attached hydrogens (tertiary/aromatic N) is 2. The molecule has 126 valence electrons. The number of anilines is 1. The van der Waals surface area contributed by atoms with Gasteiger partial charge in [0.1, 0.15) is 0 Å². The van der Waals surface area contributed by atoms with Crippen LogP contribution < -0.4 is 10.6 Å². The van der Waals surface area contributed by atoms with E-state index in [2.05, 4.69) is 25.8 Å². The molecule has 1 atom stereocenters. The number of aromatic amines is 1. The van der Waals surface area contributed by atoms with E-state index in [-0.39, 0.29) is 6.04 Å². The van der Waals surface area contributed by atoms with E-state index in [0.29, 0.717) is 5.69 Å². The predicted molar refractivity (Wildman–Crippen MR) is 93.4 cm³/mol. The summed E-state index contributed by atoms with van der Waals surface area (Å²) in [4.78, 5) is 28.1. The number of hydrogen-bond acceptors (Lipinski definition) is 4. The van der Waals surface area contributed by atoms with E-state index < -0.39 is 11.8 Å². The SMILES string of the molecule is C[C@H](NC(=O)C(=O)Nc1ccc(-c2ccn[nH]2)cc1)c1cccnc1. The summed E-state index contributed by atoms with van der Waals surface area (Å²) < 4.78 is 0. The summed E-state index contributed by atoms with van der Waals surface area (Å²) in [7, 11) is 0. The highest BCUT2D eigenvalue weighted by atomic mass is 16.2. The maximum absolute atomic E-state index is 12.0. The first-order chi connectivity index (χ1) is 12.1. The number of amides is 2. The number of pyridine rings is 1. The van der Waals surface area contributed by atoms with E-state index in [1.54, 1.807) is 43.7 Å². The minimum atomic E-state index is -0.718. The Morgan fingerprint density at radius 3 is 2.48 bits per heavy atom. The first-order valence-electron chi connectivity index (χ1n) is 7.75. The molecular weight excluding hydrogens is 318 g/mol. The normalized spacial score (nSPS) is 11.6. The number of hydrogen-bond donors (Lipinski definition) is 3. The van der Waals surface area contributed by atoms with Crippen LogP contribution in [0.2, 0.25) is 0 Å². The van der Waals surface area contributed by atoms with Gasteiger partial charge in [-0.3, -0.25) is 19.7 Å². The molecule has 3 N–H and O–H groups in total. The maximum Gasteiger partial charge on any atom is 0.313 e. The molecular formula is C18H17N5O2. The number of H-pyrrole nitrogens is 1. The molecule has 0 spiro atoms. The van der Waals surface area contributed by atoms with Gasteiger partial charge in [-0.05, 0) is 42.3 Å². The molecule has 3 aromatic rings. The summed E-state index contributed by atoms with van der Waals surface area (Å²) in [5, 5.41) is 12.0. The van der Waals surface area contributed by atoms with Crippen molar-refractivity contribution in [1.82, 2.24) is 20.5 Å². The van der Waals surface area contributed by atoms with Crippen molar-refractivity contribution in [3.63, 3.8) is 0 Å². The molecule has 1 aromatic carbocycles. The van der Waals surface area contributed by atoms with E-state index in [1.165, 1.54) is 0 Å². The van der Waals surface area contributed by atoms with Crippen LogP contribution in [0.5, 0.6) is 0 Å². The molecule has 0 saturated heterocycles. The van der Waals surface area contributed by atoms with Crippen molar-refractivity contribution in [2.24, 2.45) is 0 Å². The van der Waals surface area contributed by atoms with E-state index >= 15 is 0 Å². The molecule has 0 unspecified atom stereocenters. The molecule has 2 aromatic heterocycles. The molecule has 7 heteroatoms. The summed E-state index contributed by atoms with van der Waals surface area (Å²) in [6.45, 7) is 1.79. The van der Waals surface area contributed by atoms with Crippen LogP contribution in [0.4, 0.5) is 5.69 Å². The molecule has 0 saturated carbocycles. The number of nitrogens with one attached hydrogen (secondary N) is 3. The van der Waals surface area contributed by atoms with E-state index in [4.69, 9.17) is 0 Å². The van der Waals surface area contributed by atoms with Crippen molar-refractivity contribution in [2.45, 2.75) is 13.0 Å². The van der Waals surface area contributed by atoms with Crippen LogP contribution in [0.15, 0.2) is 61.1 Å². The predicted octanol–water partition coefficient (Wildman–Crippen LogP) is 2.29. The fourth-order valence-corrected chi connectivity index (χ4v) is 2.32. The highest BCUT2D eigenvalue weighted by Gasteiger charge is 2.17. The van der Waals surface area contributed by atoms with Gasteiger partial charge in [0.25, 0.3) is 0 Å². The zero-order valence-corrected chi connectivity index (χ0v) is 13.6. The average Bonchev–Trinajstić information content (AvgIpc) is 3.17. The Hall–Kier alpha value is -3.48. The second-order valence-electron chi connectivity index (χ2n) is 5.48. The van der Waals surface area contributed by atoms with Crippen molar-refractivity contribution in [3.05, 3.63) is 66.6 Å². The molecule has 3 rings (SSSR count). The summed E-state index contributed by atoms with van der Waals surface area (Å²) in [6, 6.07) is 12.3. The summed E-state index contributed by atoms with van der Waals surface area (Å²) in [5.74, 6) is -1.42. The summed E-state index contributed by atoms with van der Waals surface area (Å²) in [6.07, 6.45) is 4.97. The van der Waals surface area contributed by atoms with Crippen molar-refractivity contribution in [3.8, 4) is 11.3 Å². The molecule has 25 heavy (non-hydrogen) atoms. The highest BCUT2D eigenvalue weighted by molar-refractivity contribution is 6.39. The monoisotopic (exact) mass is 335 g/mol. The second-order valence-corrected chi connectivity index (χ2v) is 5.48. The second kappa shape index (κ2) is 7.39. The van der Waals surface area contributed by atoms with Gasteiger partial charge in [-0.1, -0.05) is 18.2 Å². The van der Waals surface area contributed by atoms with Gasteiger partial charge in [0.2, 0.25) is 0 Å². The Morgan fingerprint density at radius 1 is 1.04 bits per heavy atom. The summed E-state index contributed by atoms with van der Waals surface area (Å²) >= 11 is 0. The lowest BCUT2D eigenvalue weighted by molar-refractivity contribution is -0.136. The molecule has 0 bridgehead atoms. The lowest BCUT2D eigenvalue weighted by atomic mass is 10.1. The highest BCUT2D eigenvalue weighted by Crippen LogP contribution is 2.18. The van der Waals surface area contributed by atoms with E-state index in [1.807, 2.05) is 24.3 Å². The Kier molecular flexibility index (Phi) is 4.84. The van der Waals surface area contributed by atoms with Gasteiger partial charge in [-0.25, -0.2) is 0 Å². The smallest absolute Gasteiger partial charge is 0.313 e. The zero-order valence-electron chi connectivity index (χ0n) is 13.6. The lowest BCUT2D eigenvalue weighted by Crippen LogP contribution is -2.36. The molecule has 0 aliphatic carbocycles. The van der Waals surface area contributed by atoms with Gasteiger partial charge < -0.3 is 10.6 Å². The minimum absolute atomic E-state index is 0.310. The van der Waals surface area contributed by atoms with Gasteiger partial charge >= 0.3 is 11.8 Å². The topological polar surface area (TPSA) is 99.8 Å². The van der Waals surface area contributed by atoms with Gasteiger partial charge in [0, 0.05) is 24.3 Å². The molecule has 7 nitrogen and oxygen atoms in total. The third kappa shape index (κ3) is 4.08. The number of rotatable bonds is 4. The van der Waals surface area contributed by atoms with Crippen LogP contribution in [0, 0.1) is 0 Å². The van der Waals surface area contributed by atoms with Crippen molar-refractivity contribution >= 4 is 17.5 Å². The number of carbonyl (C=O) groups is 2. The van der Waals surface area contributed by atoms with Crippen molar-refractivity contribution in [1.29, 1.82) is 0 Å². The Bertz CT molecular complexity index is 845. The number of carbonyl (C=O) groups excluding carboxylic acids is 2. The van der Waals surface area contributed by atoms with Gasteiger partial charge in [0.05, 0.1) is 11.7 Å². The fourth-order valence-electron chi connectivity index (χ4n) is 2.32. The quantitative estimate of drug-likeness (QED) is 0.637. The fraction of sp³-hybridized carbons (Fsp3) is 0.111. The Morgan fingerprint density at radius 2 is 1.84 bits per heavy atom. The third-order valence-electron chi connectivity index (χ3n) is 3.69. The van der Waals surface area contributed by atoms with Crippen molar-refractivity contribution in [2.75, 3.05) is 5.32 Å². The third-order valence-corrected chi connectivity index (χ3v) is 3.69. The van der Waals surface area contributed by atoms with Crippen LogP contribution in [-0.4, -0.2) is 27.0 Å². The average molecular weight is 335 g/mol. The number of benzene rings is 1. The van der Waals surface area contributed by atoms with Crippen LogP contribution in [0.1, 0.15) is 18.5 Å². The molecule has 0 aliphatic heterocycles. The first kappa shape index (κ1) is 16.4.